The van der Waals surface area contributed by atoms with Crippen LogP contribution in [0, 0.1) is 5.92 Å². The van der Waals surface area contributed by atoms with Gasteiger partial charge in [-0.05, 0) is 45.4 Å². The predicted molar refractivity (Wildman–Crippen MR) is 95.1 cm³/mol. The van der Waals surface area contributed by atoms with Crippen molar-refractivity contribution in [2.24, 2.45) is 10.9 Å². The molecule has 1 atom stereocenters. The summed E-state index contributed by atoms with van der Waals surface area (Å²) in [4.78, 5) is 18.6. The zero-order chi connectivity index (χ0) is 17.2. The first-order chi connectivity index (χ1) is 11.7. The molecule has 6 heteroatoms. The zero-order valence-electron chi connectivity index (χ0n) is 15.3. The fourth-order valence-corrected chi connectivity index (χ4v) is 3.33. The van der Waals surface area contributed by atoms with Crippen molar-refractivity contribution in [1.29, 1.82) is 0 Å². The summed E-state index contributed by atoms with van der Waals surface area (Å²) in [5.74, 6) is 1.42. The van der Waals surface area contributed by atoms with Crippen LogP contribution < -0.4 is 5.32 Å². The number of nitrogens with zero attached hydrogens (tertiary/aromatic N) is 2. The van der Waals surface area contributed by atoms with E-state index in [1.807, 2.05) is 0 Å². The minimum absolute atomic E-state index is 0.0708. The van der Waals surface area contributed by atoms with Crippen LogP contribution in [0.5, 0.6) is 0 Å². The van der Waals surface area contributed by atoms with E-state index in [4.69, 9.17) is 9.47 Å². The van der Waals surface area contributed by atoms with E-state index < -0.39 is 0 Å². The lowest BCUT2D eigenvalue weighted by molar-refractivity contribution is -0.148. The van der Waals surface area contributed by atoms with Gasteiger partial charge in [-0.1, -0.05) is 0 Å². The maximum atomic E-state index is 11.8. The summed E-state index contributed by atoms with van der Waals surface area (Å²) in [6.45, 7) is 6.23. The Morgan fingerprint density at radius 2 is 2.12 bits per heavy atom. The molecule has 24 heavy (non-hydrogen) atoms. The fraction of sp³-hybridized carbons (Fsp3) is 0.889. The molecule has 0 aromatic heterocycles. The third-order valence-corrected chi connectivity index (χ3v) is 4.65. The van der Waals surface area contributed by atoms with Crippen LogP contribution >= 0.6 is 0 Å². The molecule has 6 nitrogen and oxygen atoms in total. The highest BCUT2D eigenvalue weighted by Gasteiger charge is 2.20. The Balaban J connectivity index is 1.68. The molecule has 1 N–H and O–H groups in total. The largest absolute Gasteiger partial charge is 0.462 e. The number of carbonyl (C=O) groups excluding carboxylic acids is 1. The van der Waals surface area contributed by atoms with Crippen LogP contribution in [0.4, 0.5) is 0 Å². The number of hydrogen-bond acceptors (Lipinski definition) is 4. The second kappa shape index (κ2) is 10.5. The maximum Gasteiger partial charge on any atom is 0.306 e. The van der Waals surface area contributed by atoms with Crippen LogP contribution in [0.2, 0.25) is 0 Å². The Bertz CT molecular complexity index is 402. The Labute approximate surface area is 146 Å². The molecule has 1 aliphatic heterocycles. The summed E-state index contributed by atoms with van der Waals surface area (Å²) in [5.41, 5.74) is 0. The summed E-state index contributed by atoms with van der Waals surface area (Å²) in [6, 6.07) is 0. The SMILES string of the molecule is CCNC(=NCCCC(=O)OC1CCCC1)N(C)CC1CCOC1. The van der Waals surface area contributed by atoms with Gasteiger partial charge in [-0.3, -0.25) is 9.79 Å². The van der Waals surface area contributed by atoms with Crippen molar-refractivity contribution in [3.63, 3.8) is 0 Å². The molecular weight excluding hydrogens is 306 g/mol. The summed E-state index contributed by atoms with van der Waals surface area (Å²) >= 11 is 0. The van der Waals surface area contributed by atoms with E-state index in [-0.39, 0.29) is 12.1 Å². The lowest BCUT2D eigenvalue weighted by Crippen LogP contribution is -2.41. The van der Waals surface area contributed by atoms with Crippen molar-refractivity contribution < 1.29 is 14.3 Å². The Kier molecular flexibility index (Phi) is 8.36. The topological polar surface area (TPSA) is 63.2 Å². The summed E-state index contributed by atoms with van der Waals surface area (Å²) in [6.07, 6.45) is 6.92. The number of guanidine groups is 1. The quantitative estimate of drug-likeness (QED) is 0.318. The second-order valence-corrected chi connectivity index (χ2v) is 6.85. The molecule has 1 saturated heterocycles. The van der Waals surface area contributed by atoms with Gasteiger partial charge in [0.2, 0.25) is 0 Å². The number of nitrogens with one attached hydrogen (secondary N) is 1. The lowest BCUT2D eigenvalue weighted by Gasteiger charge is -2.24. The predicted octanol–water partition coefficient (Wildman–Crippen LogP) is 2.19. The van der Waals surface area contributed by atoms with E-state index in [9.17, 15) is 4.79 Å². The molecular formula is C18H33N3O3. The van der Waals surface area contributed by atoms with Gasteiger partial charge in [0.1, 0.15) is 6.10 Å². The standard InChI is InChI=1S/C18H33N3O3/c1-3-19-18(21(2)13-15-10-12-23-14-15)20-11-6-9-17(22)24-16-7-4-5-8-16/h15-16H,3-14H2,1-2H3,(H,19,20). The summed E-state index contributed by atoms with van der Waals surface area (Å²) < 4.78 is 10.9. The number of rotatable bonds is 8. The number of carbonyl (C=O) groups is 1. The Hall–Kier alpha value is -1.30. The van der Waals surface area contributed by atoms with Gasteiger partial charge >= 0.3 is 5.97 Å². The number of esters is 1. The van der Waals surface area contributed by atoms with Gasteiger partial charge in [-0.2, -0.15) is 0 Å². The van der Waals surface area contributed by atoms with Crippen LogP contribution in [0.3, 0.4) is 0 Å². The van der Waals surface area contributed by atoms with E-state index in [1.165, 1.54) is 12.8 Å². The Morgan fingerprint density at radius 3 is 2.79 bits per heavy atom. The van der Waals surface area contributed by atoms with Gasteiger partial charge < -0.3 is 19.7 Å². The zero-order valence-corrected chi connectivity index (χ0v) is 15.3. The average molecular weight is 339 g/mol. The van der Waals surface area contributed by atoms with E-state index in [0.717, 1.165) is 57.9 Å². The first kappa shape index (κ1) is 19.0. The molecule has 0 radical (unpaired) electrons. The van der Waals surface area contributed by atoms with Gasteiger partial charge in [0.05, 0.1) is 6.61 Å². The molecule has 0 amide bonds. The van der Waals surface area contributed by atoms with Crippen molar-refractivity contribution in [3.8, 4) is 0 Å². The van der Waals surface area contributed by atoms with E-state index in [1.54, 1.807) is 0 Å². The van der Waals surface area contributed by atoms with Crippen LogP contribution in [0.15, 0.2) is 4.99 Å². The fourth-order valence-electron chi connectivity index (χ4n) is 3.33. The molecule has 138 valence electrons. The van der Waals surface area contributed by atoms with Crippen molar-refractivity contribution in [2.45, 2.75) is 58.0 Å². The minimum Gasteiger partial charge on any atom is -0.462 e. The van der Waals surface area contributed by atoms with E-state index >= 15 is 0 Å². The maximum absolute atomic E-state index is 11.8. The second-order valence-electron chi connectivity index (χ2n) is 6.85. The monoisotopic (exact) mass is 339 g/mol. The molecule has 2 fully saturated rings. The molecule has 1 saturated carbocycles. The third kappa shape index (κ3) is 6.67. The molecule has 0 bridgehead atoms. The highest BCUT2D eigenvalue weighted by molar-refractivity contribution is 5.79. The molecule has 0 spiro atoms. The normalized spacial score (nSPS) is 21.9. The molecule has 0 aromatic rings. The highest BCUT2D eigenvalue weighted by atomic mass is 16.5. The molecule has 2 rings (SSSR count). The van der Waals surface area contributed by atoms with Gasteiger partial charge in [0.25, 0.3) is 0 Å². The number of aliphatic imine (C=N–C) groups is 1. The minimum atomic E-state index is -0.0708. The summed E-state index contributed by atoms with van der Waals surface area (Å²) in [5, 5.41) is 3.32. The van der Waals surface area contributed by atoms with Crippen LogP contribution in [-0.2, 0) is 14.3 Å². The highest BCUT2D eigenvalue weighted by Crippen LogP contribution is 2.21. The van der Waals surface area contributed by atoms with Crippen molar-refractivity contribution >= 4 is 11.9 Å². The molecule has 2 aliphatic rings. The van der Waals surface area contributed by atoms with Gasteiger partial charge in [0, 0.05) is 45.6 Å². The molecule has 1 unspecified atom stereocenters. The summed E-state index contributed by atoms with van der Waals surface area (Å²) in [7, 11) is 2.06. The van der Waals surface area contributed by atoms with Crippen molar-refractivity contribution in [3.05, 3.63) is 0 Å². The lowest BCUT2D eigenvalue weighted by atomic mass is 10.1. The first-order valence-corrected chi connectivity index (χ1v) is 9.45. The van der Waals surface area contributed by atoms with Crippen LogP contribution in [0.25, 0.3) is 0 Å². The van der Waals surface area contributed by atoms with Crippen molar-refractivity contribution in [1.82, 2.24) is 10.2 Å². The molecule has 1 heterocycles. The van der Waals surface area contributed by atoms with Gasteiger partial charge in [-0.25, -0.2) is 0 Å². The van der Waals surface area contributed by atoms with Crippen LogP contribution in [0.1, 0.15) is 51.9 Å². The smallest absolute Gasteiger partial charge is 0.306 e. The third-order valence-electron chi connectivity index (χ3n) is 4.65. The number of hydrogen-bond donors (Lipinski definition) is 1. The van der Waals surface area contributed by atoms with Gasteiger partial charge in [-0.15, -0.1) is 0 Å². The molecule has 0 aromatic carbocycles. The van der Waals surface area contributed by atoms with E-state index in [2.05, 4.69) is 29.2 Å². The Morgan fingerprint density at radius 1 is 1.33 bits per heavy atom. The van der Waals surface area contributed by atoms with Crippen LogP contribution in [-0.4, -0.2) is 62.8 Å². The first-order valence-electron chi connectivity index (χ1n) is 9.45. The van der Waals surface area contributed by atoms with E-state index in [0.29, 0.717) is 18.9 Å². The molecule has 1 aliphatic carbocycles. The number of ether oxygens (including phenoxy) is 2. The van der Waals surface area contributed by atoms with Gasteiger partial charge in [0.15, 0.2) is 5.96 Å². The van der Waals surface area contributed by atoms with Crippen molar-refractivity contribution in [2.75, 3.05) is 39.9 Å². The average Bonchev–Trinajstić information content (AvgIpc) is 3.24.